The van der Waals surface area contributed by atoms with Gasteiger partial charge < -0.3 is 29.5 Å². The second-order valence-corrected chi connectivity index (χ2v) is 21.8. The van der Waals surface area contributed by atoms with Crippen LogP contribution in [0.5, 0.6) is 0 Å². The number of aliphatic hydroxyl groups excluding tert-OH is 3. The van der Waals surface area contributed by atoms with Crippen molar-refractivity contribution in [1.82, 2.24) is 0 Å². The molecule has 0 radical (unpaired) electrons. The maximum atomic E-state index is 12.7. The molecular weight excluding hydrogens is 785 g/mol. The summed E-state index contributed by atoms with van der Waals surface area (Å²) >= 11 is 0. The van der Waals surface area contributed by atoms with Gasteiger partial charge in [-0.25, -0.2) is 0 Å². The smallest absolute Gasteiger partial charge is 0.305 e. The van der Waals surface area contributed by atoms with Gasteiger partial charge in [-0.2, -0.15) is 0 Å². The fourth-order valence-electron chi connectivity index (χ4n) is 13.1. The van der Waals surface area contributed by atoms with Crippen LogP contribution in [0.2, 0.25) is 0 Å². The minimum Gasteiger partial charge on any atom is -0.463 e. The molecule has 0 aromatic carbocycles. The van der Waals surface area contributed by atoms with Crippen LogP contribution in [0.4, 0.5) is 0 Å². The lowest BCUT2D eigenvalue weighted by molar-refractivity contribution is -0.313. The lowest BCUT2D eigenvalue weighted by Crippen LogP contribution is -2.60. The van der Waals surface area contributed by atoms with E-state index in [9.17, 15) is 20.1 Å². The lowest BCUT2D eigenvalue weighted by atomic mass is 9.47. The molecule has 1 heterocycles. The highest BCUT2D eigenvalue weighted by Gasteiger charge is 2.59. The first kappa shape index (κ1) is 52.2. The van der Waals surface area contributed by atoms with Crippen LogP contribution in [-0.4, -0.2) is 64.7 Å². The van der Waals surface area contributed by atoms with E-state index in [1.54, 1.807) is 0 Å². The van der Waals surface area contributed by atoms with Crippen molar-refractivity contribution in [1.29, 1.82) is 0 Å². The van der Waals surface area contributed by atoms with Gasteiger partial charge in [-0.05, 0) is 149 Å². The Labute approximate surface area is 385 Å². The first-order valence-electron chi connectivity index (χ1n) is 26.5. The third-order valence-corrected chi connectivity index (χ3v) is 17.2. The van der Waals surface area contributed by atoms with Gasteiger partial charge in [0.25, 0.3) is 0 Å². The van der Waals surface area contributed by atoms with Gasteiger partial charge in [-0.1, -0.05) is 148 Å². The van der Waals surface area contributed by atoms with E-state index in [1.165, 1.54) is 95.5 Å². The summed E-state index contributed by atoms with van der Waals surface area (Å²) in [6.07, 6.45) is 37.5. The molecule has 14 atom stereocenters. The number of aliphatic hydroxyl groups is 3. The Morgan fingerprint density at radius 1 is 0.794 bits per heavy atom. The molecule has 5 aliphatic rings. The quantitative estimate of drug-likeness (QED) is 0.0451. The van der Waals surface area contributed by atoms with Gasteiger partial charge in [0.15, 0.2) is 6.29 Å². The zero-order valence-electron chi connectivity index (χ0n) is 41.2. The second kappa shape index (κ2) is 26.0. The molecule has 5 rings (SSSR count). The van der Waals surface area contributed by atoms with Crippen molar-refractivity contribution in [3.63, 3.8) is 0 Å². The fourth-order valence-corrected chi connectivity index (χ4v) is 13.1. The van der Waals surface area contributed by atoms with Crippen LogP contribution in [-0.2, 0) is 19.0 Å². The highest BCUT2D eigenvalue weighted by Crippen LogP contribution is 2.67. The van der Waals surface area contributed by atoms with Crippen LogP contribution >= 0.6 is 0 Å². The van der Waals surface area contributed by atoms with Crippen molar-refractivity contribution in [3.8, 4) is 0 Å². The third kappa shape index (κ3) is 14.1. The lowest BCUT2D eigenvalue weighted by Gasteiger charge is -2.58. The summed E-state index contributed by atoms with van der Waals surface area (Å²) < 4.78 is 18.1. The highest BCUT2D eigenvalue weighted by molar-refractivity contribution is 5.69. The van der Waals surface area contributed by atoms with Gasteiger partial charge in [0.1, 0.15) is 31.0 Å². The van der Waals surface area contributed by atoms with E-state index in [2.05, 4.69) is 91.0 Å². The Kier molecular flexibility index (Phi) is 21.5. The molecule has 4 fully saturated rings. The number of hydrogen-bond acceptors (Lipinski definition) is 7. The Bertz CT molecular complexity index is 1470. The number of carbonyl (C=O) groups excluding carboxylic acids is 1. The Hall–Kier alpha value is -1.77. The van der Waals surface area contributed by atoms with Crippen molar-refractivity contribution in [3.05, 3.63) is 48.1 Å². The molecule has 7 nitrogen and oxygen atoms in total. The fraction of sp³-hybridized carbons (Fsp3) is 0.839. The molecule has 7 heteroatoms. The third-order valence-electron chi connectivity index (χ3n) is 17.2. The maximum Gasteiger partial charge on any atom is 0.305 e. The molecule has 0 aromatic rings. The number of carbonyl (C=O) groups is 1. The largest absolute Gasteiger partial charge is 0.463 e. The minimum atomic E-state index is -1.45. The van der Waals surface area contributed by atoms with Crippen LogP contribution < -0.4 is 0 Å². The van der Waals surface area contributed by atoms with Gasteiger partial charge in [0.05, 0.1) is 6.10 Å². The van der Waals surface area contributed by atoms with Gasteiger partial charge in [-0.3, -0.25) is 4.79 Å². The summed E-state index contributed by atoms with van der Waals surface area (Å²) in [4.78, 5) is 12.7. The zero-order chi connectivity index (χ0) is 45.4. The average Bonchev–Trinajstić information content (AvgIpc) is 3.63. The number of fused-ring (bicyclic) bond motifs is 5. The molecule has 63 heavy (non-hydrogen) atoms. The number of hydrogen-bond donors (Lipinski definition) is 3. The van der Waals surface area contributed by atoms with Gasteiger partial charge in [0, 0.05) is 6.42 Å². The van der Waals surface area contributed by atoms with Crippen molar-refractivity contribution < 1.29 is 34.3 Å². The van der Waals surface area contributed by atoms with Crippen molar-refractivity contribution in [2.24, 2.45) is 52.3 Å². The molecule has 4 aliphatic carbocycles. The first-order valence-corrected chi connectivity index (χ1v) is 26.5. The summed E-state index contributed by atoms with van der Waals surface area (Å²) in [6.45, 7) is 16.7. The first-order chi connectivity index (χ1) is 30.3. The second-order valence-electron chi connectivity index (χ2n) is 21.8. The normalized spacial score (nSPS) is 35.5. The molecule has 1 saturated heterocycles. The Morgan fingerprint density at radius 2 is 1.48 bits per heavy atom. The van der Waals surface area contributed by atoms with E-state index in [0.717, 1.165) is 75.5 Å². The molecule has 0 spiro atoms. The number of ether oxygens (including phenoxy) is 3. The van der Waals surface area contributed by atoms with Gasteiger partial charge >= 0.3 is 5.97 Å². The van der Waals surface area contributed by atoms with Crippen LogP contribution in [0.1, 0.15) is 203 Å². The monoisotopic (exact) mass is 879 g/mol. The Balaban J connectivity index is 0.993. The van der Waals surface area contributed by atoms with E-state index in [4.69, 9.17) is 14.2 Å². The summed E-state index contributed by atoms with van der Waals surface area (Å²) in [5, 5.41) is 32.6. The molecule has 0 aromatic heterocycles. The molecule has 1 aliphatic heterocycles. The zero-order valence-corrected chi connectivity index (χ0v) is 41.2. The molecule has 14 unspecified atom stereocenters. The molecular formula is C56H94O7. The van der Waals surface area contributed by atoms with Crippen LogP contribution in [0.15, 0.2) is 48.1 Å². The van der Waals surface area contributed by atoms with Crippen LogP contribution in [0, 0.1) is 52.3 Å². The highest BCUT2D eigenvalue weighted by atomic mass is 16.7. The Morgan fingerprint density at radius 3 is 2.16 bits per heavy atom. The summed E-state index contributed by atoms with van der Waals surface area (Å²) in [5.74, 6) is 4.59. The standard InChI is InChI=1S/C56H94O7/c1-8-10-11-12-13-14-15-16-17-18-19-20-21-22-23-24-25-26-27-50(57)61-39-49-51(58)52(59)53(60)54(63-49)62-44-34-36-55(6)43(38-44)30-31-45-47-33-32-46(56(47,7)37-35-48(45)55)41(5)28-29-42(9-2)40(3)4/h14-15,17-18,28-30,40-42,44-49,51-54,58-60H,8-13,16,19-27,31-39H2,1-7H3/b15-14-,18-17-,29-28+. The van der Waals surface area contributed by atoms with E-state index >= 15 is 0 Å². The van der Waals surface area contributed by atoms with E-state index < -0.39 is 30.7 Å². The molecule has 3 saturated carbocycles. The summed E-state index contributed by atoms with van der Waals surface area (Å²) in [5.41, 5.74) is 2.04. The number of rotatable bonds is 26. The van der Waals surface area contributed by atoms with E-state index in [0.29, 0.717) is 35.5 Å². The van der Waals surface area contributed by atoms with Gasteiger partial charge in [-0.15, -0.1) is 0 Å². The van der Waals surface area contributed by atoms with E-state index in [-0.39, 0.29) is 24.1 Å². The van der Waals surface area contributed by atoms with Crippen molar-refractivity contribution in [2.45, 2.75) is 239 Å². The number of unbranched alkanes of at least 4 members (excludes halogenated alkanes) is 11. The predicted molar refractivity (Wildman–Crippen MR) is 258 cm³/mol. The number of allylic oxidation sites excluding steroid dienone is 7. The minimum absolute atomic E-state index is 0.152. The van der Waals surface area contributed by atoms with E-state index in [1.807, 2.05) is 0 Å². The van der Waals surface area contributed by atoms with Crippen LogP contribution in [0.3, 0.4) is 0 Å². The SMILES string of the molecule is CCCCCC/C=C\C/C=C\CCCCCCCCCC(=O)OCC1OC(OC2CCC3(C)C(=CCC4C3CCC3(C)C(C(C)/C=C/C(CC)C(C)C)CCC43)C2)C(O)C(O)C1O. The van der Waals surface area contributed by atoms with Crippen molar-refractivity contribution >= 4 is 5.97 Å². The number of esters is 1. The van der Waals surface area contributed by atoms with Crippen molar-refractivity contribution in [2.75, 3.05) is 6.61 Å². The molecule has 0 amide bonds. The maximum absolute atomic E-state index is 12.7. The predicted octanol–water partition coefficient (Wildman–Crippen LogP) is 13.2. The average molecular weight is 879 g/mol. The van der Waals surface area contributed by atoms with Crippen LogP contribution in [0.25, 0.3) is 0 Å². The molecule has 0 bridgehead atoms. The molecule has 360 valence electrons. The summed E-state index contributed by atoms with van der Waals surface area (Å²) in [7, 11) is 0. The van der Waals surface area contributed by atoms with Gasteiger partial charge in [0.2, 0.25) is 0 Å². The molecule has 3 N–H and O–H groups in total. The summed E-state index contributed by atoms with van der Waals surface area (Å²) in [6, 6.07) is 0. The topological polar surface area (TPSA) is 105 Å².